The zero-order valence-electron chi connectivity index (χ0n) is 15.9. The summed E-state index contributed by atoms with van der Waals surface area (Å²) in [6.45, 7) is 7.24. The minimum atomic E-state index is -3.73. The lowest BCUT2D eigenvalue weighted by atomic mass is 10.1. The highest BCUT2D eigenvalue weighted by Gasteiger charge is 2.24. The van der Waals surface area contributed by atoms with Crippen LogP contribution in [0, 0.1) is 17.1 Å². The lowest BCUT2D eigenvalue weighted by Crippen LogP contribution is -2.30. The first-order valence-electron chi connectivity index (χ1n) is 8.74. The number of halogens is 1. The number of rotatable bonds is 5. The fraction of sp³-hybridized carbons (Fsp3) is 0.316. The first-order valence-corrected chi connectivity index (χ1v) is 10.2. The van der Waals surface area contributed by atoms with Crippen LogP contribution in [0.4, 0.5) is 4.39 Å². The van der Waals surface area contributed by atoms with Gasteiger partial charge in [-0.3, -0.25) is 0 Å². The van der Waals surface area contributed by atoms with Gasteiger partial charge in [0.2, 0.25) is 10.0 Å². The van der Waals surface area contributed by atoms with Crippen molar-refractivity contribution in [3.8, 4) is 17.6 Å². The molecule has 2 aromatic heterocycles. The van der Waals surface area contributed by atoms with Crippen LogP contribution < -0.4 is 4.72 Å². The summed E-state index contributed by atoms with van der Waals surface area (Å²) < 4.78 is 42.6. The molecule has 0 aliphatic carbocycles. The quantitative estimate of drug-likeness (QED) is 0.706. The summed E-state index contributed by atoms with van der Waals surface area (Å²) in [5.41, 5.74) is 1.31. The Morgan fingerprint density at radius 1 is 1.18 bits per heavy atom. The maximum atomic E-state index is 13.8. The van der Waals surface area contributed by atoms with E-state index in [0.717, 1.165) is 0 Å². The van der Waals surface area contributed by atoms with Crippen LogP contribution in [-0.2, 0) is 10.0 Å². The predicted octanol–water partition coefficient (Wildman–Crippen LogP) is 3.38. The number of hydrogen-bond donors (Lipinski definition) is 1. The van der Waals surface area contributed by atoms with Gasteiger partial charge in [-0.1, -0.05) is 0 Å². The van der Waals surface area contributed by atoms with E-state index < -0.39 is 15.8 Å². The second kappa shape index (κ2) is 7.30. The van der Waals surface area contributed by atoms with Crippen molar-refractivity contribution in [1.82, 2.24) is 19.3 Å². The molecule has 3 rings (SSSR count). The molecule has 9 heteroatoms. The zero-order valence-corrected chi connectivity index (χ0v) is 16.7. The van der Waals surface area contributed by atoms with Gasteiger partial charge in [0.25, 0.3) is 0 Å². The molecule has 146 valence electrons. The summed E-state index contributed by atoms with van der Waals surface area (Å²) in [5.74, 6) is -0.213. The van der Waals surface area contributed by atoms with Gasteiger partial charge < -0.3 is 4.57 Å². The summed E-state index contributed by atoms with van der Waals surface area (Å²) in [7, 11) is -3.73. The SMILES string of the molecule is CC(C)NS(=O)(=O)c1cnc(-c2c(C#N)c3ccc(F)cc3n2C(C)C)nc1. The molecule has 1 aromatic carbocycles. The summed E-state index contributed by atoms with van der Waals surface area (Å²) in [6, 6.07) is 5.99. The number of aromatic nitrogens is 3. The van der Waals surface area contributed by atoms with Gasteiger partial charge in [0.05, 0.1) is 23.5 Å². The van der Waals surface area contributed by atoms with E-state index in [-0.39, 0.29) is 22.8 Å². The molecule has 0 spiro atoms. The van der Waals surface area contributed by atoms with Crippen molar-refractivity contribution < 1.29 is 12.8 Å². The third kappa shape index (κ3) is 3.48. The van der Waals surface area contributed by atoms with Crippen molar-refractivity contribution in [2.45, 2.75) is 44.7 Å². The van der Waals surface area contributed by atoms with Crippen LogP contribution in [0.15, 0.2) is 35.5 Å². The fourth-order valence-corrected chi connectivity index (χ4v) is 4.25. The van der Waals surface area contributed by atoms with E-state index in [0.29, 0.717) is 22.2 Å². The van der Waals surface area contributed by atoms with Crippen LogP contribution in [0.5, 0.6) is 0 Å². The number of sulfonamides is 1. The van der Waals surface area contributed by atoms with Crippen molar-refractivity contribution in [3.05, 3.63) is 42.0 Å². The number of nitriles is 1. The second-order valence-electron chi connectivity index (χ2n) is 6.98. The number of nitrogens with one attached hydrogen (secondary N) is 1. The summed E-state index contributed by atoms with van der Waals surface area (Å²) in [4.78, 5) is 8.32. The van der Waals surface area contributed by atoms with Gasteiger partial charge in [-0.05, 0) is 45.9 Å². The number of hydrogen-bond acceptors (Lipinski definition) is 5. The molecule has 0 amide bonds. The molecule has 0 fully saturated rings. The van der Waals surface area contributed by atoms with Crippen LogP contribution in [0.3, 0.4) is 0 Å². The van der Waals surface area contributed by atoms with Gasteiger partial charge in [-0.2, -0.15) is 5.26 Å². The molecule has 0 aliphatic rings. The van der Waals surface area contributed by atoms with Crippen molar-refractivity contribution in [3.63, 3.8) is 0 Å². The Morgan fingerprint density at radius 3 is 2.36 bits per heavy atom. The van der Waals surface area contributed by atoms with E-state index in [1.807, 2.05) is 13.8 Å². The highest BCUT2D eigenvalue weighted by atomic mass is 32.2. The Bertz CT molecular complexity index is 1180. The third-order valence-corrected chi connectivity index (χ3v) is 5.75. The molecule has 1 N–H and O–H groups in total. The molecule has 0 unspecified atom stereocenters. The molecular weight excluding hydrogens is 381 g/mol. The predicted molar refractivity (Wildman–Crippen MR) is 103 cm³/mol. The lowest BCUT2D eigenvalue weighted by molar-refractivity contribution is 0.569. The van der Waals surface area contributed by atoms with Gasteiger partial charge in [0, 0.05) is 17.5 Å². The van der Waals surface area contributed by atoms with E-state index >= 15 is 0 Å². The van der Waals surface area contributed by atoms with Crippen LogP contribution in [-0.4, -0.2) is 29.0 Å². The normalized spacial score (nSPS) is 12.1. The van der Waals surface area contributed by atoms with E-state index in [2.05, 4.69) is 20.8 Å². The Balaban J connectivity index is 2.22. The minimum absolute atomic E-state index is 0.0679. The van der Waals surface area contributed by atoms with E-state index in [9.17, 15) is 18.1 Å². The number of fused-ring (bicyclic) bond motifs is 1. The molecule has 0 saturated heterocycles. The van der Waals surface area contributed by atoms with Gasteiger partial charge in [-0.15, -0.1) is 0 Å². The summed E-state index contributed by atoms with van der Waals surface area (Å²) >= 11 is 0. The molecule has 0 bridgehead atoms. The molecule has 3 aromatic rings. The fourth-order valence-electron chi connectivity index (χ4n) is 3.11. The average Bonchev–Trinajstić information content (AvgIpc) is 2.94. The molecule has 0 saturated carbocycles. The van der Waals surface area contributed by atoms with Gasteiger partial charge >= 0.3 is 0 Å². The lowest BCUT2D eigenvalue weighted by Gasteiger charge is -2.14. The van der Waals surface area contributed by atoms with Crippen molar-refractivity contribution in [1.29, 1.82) is 5.26 Å². The zero-order chi connectivity index (χ0) is 20.6. The van der Waals surface area contributed by atoms with Gasteiger partial charge in [0.15, 0.2) is 5.82 Å². The molecule has 7 nitrogen and oxygen atoms in total. The molecular formula is C19H20FN5O2S. The molecule has 2 heterocycles. The van der Waals surface area contributed by atoms with E-state index in [1.165, 1.54) is 24.5 Å². The van der Waals surface area contributed by atoms with Crippen LogP contribution >= 0.6 is 0 Å². The third-order valence-electron chi connectivity index (χ3n) is 4.14. The molecule has 0 atom stereocenters. The van der Waals surface area contributed by atoms with Crippen LogP contribution in [0.2, 0.25) is 0 Å². The van der Waals surface area contributed by atoms with Gasteiger partial charge in [-0.25, -0.2) is 27.5 Å². The maximum Gasteiger partial charge on any atom is 0.243 e. The topological polar surface area (TPSA) is 101 Å². The first-order chi connectivity index (χ1) is 13.2. The Hall–Kier alpha value is -2.83. The second-order valence-corrected chi connectivity index (χ2v) is 8.69. The highest BCUT2D eigenvalue weighted by Crippen LogP contribution is 2.34. The molecule has 28 heavy (non-hydrogen) atoms. The monoisotopic (exact) mass is 401 g/mol. The number of benzene rings is 1. The Kier molecular flexibility index (Phi) is 5.19. The smallest absolute Gasteiger partial charge is 0.243 e. The molecule has 0 aliphatic heterocycles. The van der Waals surface area contributed by atoms with Crippen molar-refractivity contribution in [2.24, 2.45) is 0 Å². The maximum absolute atomic E-state index is 13.8. The minimum Gasteiger partial charge on any atom is -0.334 e. The number of nitrogens with zero attached hydrogens (tertiary/aromatic N) is 4. The Morgan fingerprint density at radius 2 is 1.82 bits per heavy atom. The van der Waals surface area contributed by atoms with Crippen molar-refractivity contribution in [2.75, 3.05) is 0 Å². The van der Waals surface area contributed by atoms with Gasteiger partial charge in [0.1, 0.15) is 22.5 Å². The average molecular weight is 401 g/mol. The van der Waals surface area contributed by atoms with Crippen LogP contribution in [0.1, 0.15) is 39.3 Å². The summed E-state index contributed by atoms with van der Waals surface area (Å²) in [6.07, 6.45) is 2.41. The standard InChI is InChI=1S/C19H20FN5O2S/c1-11(2)24-28(26,27)14-9-22-19(23-10-14)18-16(8-21)15-6-5-13(20)7-17(15)25(18)12(3)4/h5-7,9-12,24H,1-4H3. The van der Waals surface area contributed by atoms with Crippen molar-refractivity contribution >= 4 is 20.9 Å². The largest absolute Gasteiger partial charge is 0.334 e. The van der Waals surface area contributed by atoms with E-state index in [1.54, 1.807) is 24.5 Å². The molecule has 0 radical (unpaired) electrons. The summed E-state index contributed by atoms with van der Waals surface area (Å²) in [5, 5.41) is 10.3. The first kappa shape index (κ1) is 19.9. The Labute approximate surface area is 162 Å². The van der Waals surface area contributed by atoms with E-state index in [4.69, 9.17) is 0 Å². The highest BCUT2D eigenvalue weighted by molar-refractivity contribution is 7.89. The van der Waals surface area contributed by atoms with Crippen LogP contribution in [0.25, 0.3) is 22.4 Å².